The van der Waals surface area contributed by atoms with Crippen molar-refractivity contribution in [3.63, 3.8) is 0 Å². The molecular formula is C10H13NOS. The molecule has 3 heteroatoms. The van der Waals surface area contributed by atoms with E-state index in [0.717, 1.165) is 18.8 Å². The Bertz CT molecular complexity index is 290. The summed E-state index contributed by atoms with van der Waals surface area (Å²) in [6.07, 6.45) is 0. The molecule has 0 spiro atoms. The Balaban J connectivity index is 2.26. The minimum atomic E-state index is 0.235. The molecule has 0 saturated heterocycles. The van der Waals surface area contributed by atoms with Gasteiger partial charge in [0.15, 0.2) is 0 Å². The van der Waals surface area contributed by atoms with Gasteiger partial charge in [0.2, 0.25) is 0 Å². The molecule has 0 aliphatic carbocycles. The second kappa shape index (κ2) is 4.03. The van der Waals surface area contributed by atoms with Gasteiger partial charge in [-0.3, -0.25) is 0 Å². The smallest absolute Gasteiger partial charge is 0.0606 e. The highest BCUT2D eigenvalue weighted by Gasteiger charge is 2.15. The normalized spacial score (nSPS) is 15.6. The van der Waals surface area contributed by atoms with Gasteiger partial charge >= 0.3 is 0 Å². The highest BCUT2D eigenvalue weighted by Crippen LogP contribution is 2.33. The lowest BCUT2D eigenvalue weighted by molar-refractivity contribution is 0.302. The van der Waals surface area contributed by atoms with Crippen LogP contribution in [0.4, 0.5) is 5.69 Å². The first-order chi connectivity index (χ1) is 6.42. The number of anilines is 1. The van der Waals surface area contributed by atoms with Gasteiger partial charge in [-0.15, -0.1) is 11.8 Å². The monoisotopic (exact) mass is 195 g/mol. The van der Waals surface area contributed by atoms with Crippen molar-refractivity contribution in [1.82, 2.24) is 0 Å². The fourth-order valence-electron chi connectivity index (χ4n) is 1.58. The molecule has 1 aromatic rings. The van der Waals surface area contributed by atoms with Crippen LogP contribution in [0.5, 0.6) is 0 Å². The predicted molar refractivity (Wildman–Crippen MR) is 56.5 cm³/mol. The zero-order valence-corrected chi connectivity index (χ0v) is 8.26. The van der Waals surface area contributed by atoms with Crippen molar-refractivity contribution in [2.45, 2.75) is 4.90 Å². The maximum atomic E-state index is 8.90. The molecule has 0 bridgehead atoms. The topological polar surface area (TPSA) is 23.5 Å². The number of fused-ring (bicyclic) bond motifs is 1. The number of nitrogens with zero attached hydrogens (tertiary/aromatic N) is 1. The molecule has 70 valence electrons. The SMILES string of the molecule is OCCN1CCSc2ccccc21. The zero-order chi connectivity index (χ0) is 9.10. The maximum Gasteiger partial charge on any atom is 0.0606 e. The number of β-amino-alcohol motifs (C(OH)–C–C–N with tert-alkyl or cyclic N) is 1. The summed E-state index contributed by atoms with van der Waals surface area (Å²) in [7, 11) is 0. The van der Waals surface area contributed by atoms with Crippen LogP contribution in [0.2, 0.25) is 0 Å². The van der Waals surface area contributed by atoms with E-state index in [-0.39, 0.29) is 6.61 Å². The van der Waals surface area contributed by atoms with Crippen LogP contribution in [0.3, 0.4) is 0 Å². The van der Waals surface area contributed by atoms with Gasteiger partial charge in [-0.05, 0) is 12.1 Å². The minimum absolute atomic E-state index is 0.235. The molecule has 1 N–H and O–H groups in total. The van der Waals surface area contributed by atoms with Crippen LogP contribution in [0.1, 0.15) is 0 Å². The van der Waals surface area contributed by atoms with Gasteiger partial charge in [-0.25, -0.2) is 0 Å². The molecular weight excluding hydrogens is 182 g/mol. The Morgan fingerprint density at radius 1 is 1.38 bits per heavy atom. The minimum Gasteiger partial charge on any atom is -0.395 e. The van der Waals surface area contributed by atoms with Gasteiger partial charge in [0, 0.05) is 23.7 Å². The first-order valence-electron chi connectivity index (χ1n) is 4.49. The highest BCUT2D eigenvalue weighted by molar-refractivity contribution is 7.99. The number of aliphatic hydroxyl groups is 1. The van der Waals surface area contributed by atoms with Crippen molar-refractivity contribution < 1.29 is 5.11 Å². The largest absolute Gasteiger partial charge is 0.395 e. The number of benzene rings is 1. The highest BCUT2D eigenvalue weighted by atomic mass is 32.2. The number of para-hydroxylation sites is 1. The van der Waals surface area contributed by atoms with Crippen LogP contribution in [0, 0.1) is 0 Å². The fourth-order valence-corrected chi connectivity index (χ4v) is 2.63. The van der Waals surface area contributed by atoms with Crippen molar-refractivity contribution in [2.75, 3.05) is 30.3 Å². The Labute approximate surface area is 82.6 Å². The van der Waals surface area contributed by atoms with Crippen molar-refractivity contribution >= 4 is 17.4 Å². The quantitative estimate of drug-likeness (QED) is 0.775. The average molecular weight is 195 g/mol. The molecule has 0 amide bonds. The van der Waals surface area contributed by atoms with Crippen LogP contribution in [-0.4, -0.2) is 30.6 Å². The molecule has 2 nitrogen and oxygen atoms in total. The van der Waals surface area contributed by atoms with Crippen LogP contribution in [0.15, 0.2) is 29.2 Å². The van der Waals surface area contributed by atoms with Gasteiger partial charge < -0.3 is 10.0 Å². The van der Waals surface area contributed by atoms with E-state index in [1.165, 1.54) is 10.6 Å². The Morgan fingerprint density at radius 3 is 3.08 bits per heavy atom. The molecule has 0 saturated carbocycles. The van der Waals surface area contributed by atoms with Crippen LogP contribution in [-0.2, 0) is 0 Å². The summed E-state index contributed by atoms with van der Waals surface area (Å²) in [6, 6.07) is 8.38. The van der Waals surface area contributed by atoms with E-state index in [1.54, 1.807) is 0 Å². The Kier molecular flexibility index (Phi) is 2.76. The average Bonchev–Trinajstić information content (AvgIpc) is 2.19. The van der Waals surface area contributed by atoms with E-state index in [9.17, 15) is 0 Å². The molecule has 13 heavy (non-hydrogen) atoms. The Hall–Kier alpha value is -0.670. The third kappa shape index (κ3) is 1.81. The molecule has 1 aliphatic rings. The van der Waals surface area contributed by atoms with E-state index < -0.39 is 0 Å². The lowest BCUT2D eigenvalue weighted by atomic mass is 10.3. The molecule has 0 fully saturated rings. The molecule has 0 aromatic heterocycles. The van der Waals surface area contributed by atoms with Crippen molar-refractivity contribution in [2.24, 2.45) is 0 Å². The van der Waals surface area contributed by atoms with E-state index >= 15 is 0 Å². The zero-order valence-electron chi connectivity index (χ0n) is 7.44. The first-order valence-corrected chi connectivity index (χ1v) is 5.48. The number of rotatable bonds is 2. The molecule has 1 heterocycles. The summed E-state index contributed by atoms with van der Waals surface area (Å²) in [5.74, 6) is 1.12. The summed E-state index contributed by atoms with van der Waals surface area (Å²) >= 11 is 1.90. The standard InChI is InChI=1S/C10H13NOS/c12-7-5-11-6-8-13-10-4-2-1-3-9(10)11/h1-4,12H,5-8H2. The summed E-state index contributed by atoms with van der Waals surface area (Å²) < 4.78 is 0. The molecule has 1 aliphatic heterocycles. The summed E-state index contributed by atoms with van der Waals surface area (Å²) in [4.78, 5) is 3.58. The molecule has 0 atom stereocenters. The van der Waals surface area contributed by atoms with E-state index in [0.29, 0.717) is 0 Å². The van der Waals surface area contributed by atoms with Crippen molar-refractivity contribution in [3.05, 3.63) is 24.3 Å². The third-order valence-electron chi connectivity index (χ3n) is 2.19. The van der Waals surface area contributed by atoms with Crippen molar-refractivity contribution in [1.29, 1.82) is 0 Å². The summed E-state index contributed by atoms with van der Waals surface area (Å²) in [5, 5.41) is 8.90. The van der Waals surface area contributed by atoms with E-state index in [4.69, 9.17) is 5.11 Å². The van der Waals surface area contributed by atoms with Gasteiger partial charge in [-0.2, -0.15) is 0 Å². The number of hydrogen-bond donors (Lipinski definition) is 1. The predicted octanol–water partition coefficient (Wildman–Crippen LogP) is 1.59. The van der Waals surface area contributed by atoms with Gasteiger partial charge in [0.25, 0.3) is 0 Å². The van der Waals surface area contributed by atoms with Crippen LogP contribution >= 0.6 is 11.8 Å². The Morgan fingerprint density at radius 2 is 2.23 bits per heavy atom. The molecule has 1 aromatic carbocycles. The molecule has 0 radical (unpaired) electrons. The second-order valence-electron chi connectivity index (χ2n) is 3.03. The summed E-state index contributed by atoms with van der Waals surface area (Å²) in [5.41, 5.74) is 1.27. The van der Waals surface area contributed by atoms with Gasteiger partial charge in [0.1, 0.15) is 0 Å². The fraction of sp³-hybridized carbons (Fsp3) is 0.400. The second-order valence-corrected chi connectivity index (χ2v) is 4.16. The third-order valence-corrected chi connectivity index (χ3v) is 3.24. The van der Waals surface area contributed by atoms with Gasteiger partial charge in [-0.1, -0.05) is 12.1 Å². The van der Waals surface area contributed by atoms with Crippen LogP contribution in [0.25, 0.3) is 0 Å². The molecule has 2 rings (SSSR count). The number of aliphatic hydroxyl groups excluding tert-OH is 1. The lowest BCUT2D eigenvalue weighted by Crippen LogP contribution is -2.31. The number of thioether (sulfide) groups is 1. The van der Waals surface area contributed by atoms with Gasteiger partial charge in [0.05, 0.1) is 12.3 Å². The number of hydrogen-bond acceptors (Lipinski definition) is 3. The molecule has 0 unspecified atom stereocenters. The van der Waals surface area contributed by atoms with Crippen molar-refractivity contribution in [3.8, 4) is 0 Å². The summed E-state index contributed by atoms with van der Waals surface area (Å²) in [6.45, 7) is 2.03. The first kappa shape index (κ1) is 8.91. The van der Waals surface area contributed by atoms with E-state index in [2.05, 4.69) is 29.2 Å². The van der Waals surface area contributed by atoms with Crippen LogP contribution < -0.4 is 4.90 Å². The van der Waals surface area contributed by atoms with E-state index in [1.807, 2.05) is 11.8 Å². The maximum absolute atomic E-state index is 8.90. The lowest BCUT2D eigenvalue weighted by Gasteiger charge is -2.29.